The molecular formula is C11H17N3O. The second-order valence-electron chi connectivity index (χ2n) is 3.91. The Morgan fingerprint density at radius 1 is 1.53 bits per heavy atom. The van der Waals surface area contributed by atoms with E-state index in [1.165, 1.54) is 19.3 Å². The summed E-state index contributed by atoms with van der Waals surface area (Å²) in [4.78, 5) is 4.13. The van der Waals surface area contributed by atoms with E-state index in [-0.39, 0.29) is 0 Å². The van der Waals surface area contributed by atoms with E-state index in [4.69, 9.17) is 4.52 Å². The molecule has 0 unspecified atom stereocenters. The molecule has 4 heteroatoms. The molecule has 0 saturated carbocycles. The maximum Gasteiger partial charge on any atom is 0.223 e. The summed E-state index contributed by atoms with van der Waals surface area (Å²) in [5.41, 5.74) is 1.59. The Balaban J connectivity index is 1.62. The summed E-state index contributed by atoms with van der Waals surface area (Å²) in [6.45, 7) is 3.50. The highest BCUT2D eigenvalue weighted by Crippen LogP contribution is 2.19. The van der Waals surface area contributed by atoms with Crippen molar-refractivity contribution in [2.75, 3.05) is 6.54 Å². The maximum absolute atomic E-state index is 4.88. The molecule has 1 aromatic heterocycles. The zero-order valence-electron chi connectivity index (χ0n) is 9.12. The second kappa shape index (κ2) is 5.07. The average molecular weight is 207 g/mol. The van der Waals surface area contributed by atoms with Gasteiger partial charge in [0, 0.05) is 6.92 Å². The molecule has 0 atom stereocenters. The van der Waals surface area contributed by atoms with Crippen molar-refractivity contribution in [1.29, 1.82) is 0 Å². The number of aryl methyl sites for hydroxylation is 1. The first-order chi connectivity index (χ1) is 7.34. The highest BCUT2D eigenvalue weighted by atomic mass is 16.5. The molecule has 0 amide bonds. The Morgan fingerprint density at radius 3 is 3.13 bits per heavy atom. The van der Waals surface area contributed by atoms with Gasteiger partial charge in [0.25, 0.3) is 0 Å². The van der Waals surface area contributed by atoms with Crippen molar-refractivity contribution in [3.05, 3.63) is 23.4 Å². The Labute approximate surface area is 89.8 Å². The van der Waals surface area contributed by atoms with Crippen LogP contribution in [0.15, 0.2) is 16.2 Å². The molecule has 1 aliphatic rings. The molecule has 1 aromatic rings. The lowest BCUT2D eigenvalue weighted by Gasteiger charge is -2.02. The van der Waals surface area contributed by atoms with Crippen LogP contribution in [-0.2, 0) is 6.54 Å². The van der Waals surface area contributed by atoms with Gasteiger partial charge in [0.2, 0.25) is 5.89 Å². The molecule has 4 nitrogen and oxygen atoms in total. The van der Waals surface area contributed by atoms with Crippen molar-refractivity contribution >= 4 is 0 Å². The van der Waals surface area contributed by atoms with Crippen LogP contribution in [0.4, 0.5) is 0 Å². The third kappa shape index (κ3) is 3.16. The quantitative estimate of drug-likeness (QED) is 0.592. The molecule has 1 heterocycles. The minimum Gasteiger partial charge on any atom is -0.340 e. The van der Waals surface area contributed by atoms with Crippen LogP contribution in [0.5, 0.6) is 0 Å². The minimum absolute atomic E-state index is 0.630. The predicted octanol–water partition coefficient (Wildman–Crippen LogP) is 1.97. The highest BCUT2D eigenvalue weighted by Gasteiger charge is 2.04. The largest absolute Gasteiger partial charge is 0.340 e. The molecule has 0 fully saturated rings. The normalized spacial score (nSPS) is 15.7. The van der Waals surface area contributed by atoms with Crippen LogP contribution >= 0.6 is 0 Å². The number of nitrogens with zero attached hydrogens (tertiary/aromatic N) is 2. The van der Waals surface area contributed by atoms with E-state index in [2.05, 4.69) is 21.5 Å². The summed E-state index contributed by atoms with van der Waals surface area (Å²) in [7, 11) is 0. The van der Waals surface area contributed by atoms with Crippen molar-refractivity contribution in [1.82, 2.24) is 15.5 Å². The Kier molecular flexibility index (Phi) is 3.50. The molecule has 0 spiro atoms. The van der Waals surface area contributed by atoms with Crippen LogP contribution in [0.1, 0.15) is 37.4 Å². The first kappa shape index (κ1) is 10.4. The number of hydrogen-bond acceptors (Lipinski definition) is 4. The van der Waals surface area contributed by atoms with Gasteiger partial charge in [-0.05, 0) is 32.2 Å². The molecule has 0 saturated heterocycles. The molecule has 15 heavy (non-hydrogen) atoms. The monoisotopic (exact) mass is 207 g/mol. The standard InChI is InChI=1S/C11H17N3O/c1-9-13-11(14-15-9)8-12-7-6-10-4-2-3-5-10/h4,12H,2-3,5-8H2,1H3. The van der Waals surface area contributed by atoms with E-state index < -0.39 is 0 Å². The van der Waals surface area contributed by atoms with Crippen molar-refractivity contribution in [3.8, 4) is 0 Å². The smallest absolute Gasteiger partial charge is 0.223 e. The van der Waals surface area contributed by atoms with E-state index in [0.29, 0.717) is 12.4 Å². The van der Waals surface area contributed by atoms with Gasteiger partial charge in [-0.2, -0.15) is 4.98 Å². The lowest BCUT2D eigenvalue weighted by Crippen LogP contribution is -2.16. The fourth-order valence-electron chi connectivity index (χ4n) is 1.83. The van der Waals surface area contributed by atoms with Gasteiger partial charge in [-0.15, -0.1) is 0 Å². The fourth-order valence-corrected chi connectivity index (χ4v) is 1.83. The van der Waals surface area contributed by atoms with E-state index in [1.807, 2.05) is 0 Å². The lowest BCUT2D eigenvalue weighted by atomic mass is 10.2. The van der Waals surface area contributed by atoms with Crippen molar-refractivity contribution in [2.24, 2.45) is 0 Å². The van der Waals surface area contributed by atoms with E-state index in [0.717, 1.165) is 18.8 Å². The van der Waals surface area contributed by atoms with Crippen molar-refractivity contribution < 1.29 is 4.52 Å². The van der Waals surface area contributed by atoms with Crippen LogP contribution in [-0.4, -0.2) is 16.7 Å². The SMILES string of the molecule is Cc1nc(CNCCC2=CCCC2)no1. The number of rotatable bonds is 5. The van der Waals surface area contributed by atoms with Gasteiger partial charge in [-0.25, -0.2) is 0 Å². The van der Waals surface area contributed by atoms with E-state index in [9.17, 15) is 0 Å². The van der Waals surface area contributed by atoms with Crippen LogP contribution in [0.3, 0.4) is 0 Å². The van der Waals surface area contributed by atoms with Gasteiger partial charge in [0.1, 0.15) is 0 Å². The summed E-state index contributed by atoms with van der Waals surface area (Å²) in [5, 5.41) is 7.14. The summed E-state index contributed by atoms with van der Waals surface area (Å²) in [6.07, 6.45) is 7.39. The number of nitrogens with one attached hydrogen (secondary N) is 1. The molecule has 0 radical (unpaired) electrons. The van der Waals surface area contributed by atoms with Gasteiger partial charge in [0.15, 0.2) is 5.82 Å². The second-order valence-corrected chi connectivity index (χ2v) is 3.91. The van der Waals surface area contributed by atoms with Gasteiger partial charge >= 0.3 is 0 Å². The van der Waals surface area contributed by atoms with Gasteiger partial charge in [0.05, 0.1) is 6.54 Å². The number of hydrogen-bond donors (Lipinski definition) is 1. The summed E-state index contributed by atoms with van der Waals surface area (Å²) in [5.74, 6) is 1.37. The molecule has 0 aromatic carbocycles. The summed E-state index contributed by atoms with van der Waals surface area (Å²) in [6, 6.07) is 0. The molecule has 0 bridgehead atoms. The number of allylic oxidation sites excluding steroid dienone is 1. The predicted molar refractivity (Wildman–Crippen MR) is 57.3 cm³/mol. The van der Waals surface area contributed by atoms with Gasteiger partial charge in [-0.3, -0.25) is 0 Å². The van der Waals surface area contributed by atoms with Crippen molar-refractivity contribution in [2.45, 2.75) is 39.2 Å². The van der Waals surface area contributed by atoms with Crippen LogP contribution in [0, 0.1) is 6.92 Å². The van der Waals surface area contributed by atoms with Gasteiger partial charge in [-0.1, -0.05) is 16.8 Å². The molecule has 1 aliphatic carbocycles. The molecule has 1 N–H and O–H groups in total. The molecular weight excluding hydrogens is 190 g/mol. The first-order valence-electron chi connectivity index (χ1n) is 5.52. The van der Waals surface area contributed by atoms with E-state index in [1.54, 1.807) is 12.5 Å². The van der Waals surface area contributed by atoms with Crippen LogP contribution in [0.2, 0.25) is 0 Å². The summed E-state index contributed by atoms with van der Waals surface area (Å²) < 4.78 is 4.88. The summed E-state index contributed by atoms with van der Waals surface area (Å²) >= 11 is 0. The minimum atomic E-state index is 0.630. The van der Waals surface area contributed by atoms with Crippen molar-refractivity contribution in [3.63, 3.8) is 0 Å². The zero-order chi connectivity index (χ0) is 10.5. The Morgan fingerprint density at radius 2 is 2.47 bits per heavy atom. The Bertz CT molecular complexity index is 343. The molecule has 82 valence electrons. The van der Waals surface area contributed by atoms with Gasteiger partial charge < -0.3 is 9.84 Å². The average Bonchev–Trinajstić information content (AvgIpc) is 2.84. The third-order valence-corrected chi connectivity index (χ3v) is 2.61. The number of aromatic nitrogens is 2. The van der Waals surface area contributed by atoms with Crippen LogP contribution in [0.25, 0.3) is 0 Å². The maximum atomic E-state index is 4.88. The zero-order valence-corrected chi connectivity index (χ0v) is 9.12. The molecule has 0 aliphatic heterocycles. The topological polar surface area (TPSA) is 51.0 Å². The fraction of sp³-hybridized carbons (Fsp3) is 0.636. The molecule has 2 rings (SSSR count). The third-order valence-electron chi connectivity index (χ3n) is 2.61. The lowest BCUT2D eigenvalue weighted by molar-refractivity contribution is 0.385. The van der Waals surface area contributed by atoms with Crippen LogP contribution < -0.4 is 5.32 Å². The van der Waals surface area contributed by atoms with E-state index >= 15 is 0 Å². The Hall–Kier alpha value is -1.16. The first-order valence-corrected chi connectivity index (χ1v) is 5.52. The highest BCUT2D eigenvalue weighted by molar-refractivity contribution is 5.07.